The Labute approximate surface area is 251 Å². The molecule has 2 heterocycles. The van der Waals surface area contributed by atoms with Crippen molar-refractivity contribution < 1.29 is 14.5 Å². The molecule has 1 aromatic heterocycles. The summed E-state index contributed by atoms with van der Waals surface area (Å²) < 4.78 is 0.440. The largest absolute Gasteiger partial charge is 0.384 e. The number of Topliss-reactive ketones (excluding diaryl/α,β-unsaturated/α-hetero) is 1. The van der Waals surface area contributed by atoms with Gasteiger partial charge in [0.25, 0.3) is 5.69 Å². The summed E-state index contributed by atoms with van der Waals surface area (Å²) in [5.41, 5.74) is 8.60. The summed E-state index contributed by atoms with van der Waals surface area (Å²) in [7, 11) is 0. The Hall–Kier alpha value is -3.96. The number of nitro groups is 1. The lowest BCUT2D eigenvalue weighted by Gasteiger charge is -2.38. The van der Waals surface area contributed by atoms with Crippen LogP contribution in [-0.2, 0) is 9.59 Å². The zero-order valence-electron chi connectivity index (χ0n) is 21.0. The topological polar surface area (TPSA) is 168 Å². The lowest BCUT2D eigenvalue weighted by Crippen LogP contribution is -2.38. The van der Waals surface area contributed by atoms with E-state index in [2.05, 4.69) is 21.6 Å². The standard InChI is InChI=1S/C26H19Cl2N7O4S2/c27-14-6-4-13(5-7-14)22-16(11-29)24(30)34(19-2-1-3-20(36)23(19)22)25-32-33-26(41-25)40-12-21(37)31-18-10-15(35(38)39)8-9-17(18)28/h4-10,22H,1-3,12,30H2,(H,31,37). The third kappa shape index (κ3) is 5.77. The number of nitrogens with two attached hydrogens (primary N) is 1. The fourth-order valence-corrected chi connectivity index (χ4v) is 6.65. The van der Waals surface area contributed by atoms with Crippen LogP contribution in [0.2, 0.25) is 10.0 Å². The Balaban J connectivity index is 1.39. The Kier molecular flexibility index (Phi) is 8.27. The number of nitrogens with zero attached hydrogens (tertiary/aromatic N) is 5. The van der Waals surface area contributed by atoms with Gasteiger partial charge in [-0.25, -0.2) is 0 Å². The van der Waals surface area contributed by atoms with Crippen molar-refractivity contribution in [1.82, 2.24) is 10.2 Å². The van der Waals surface area contributed by atoms with Gasteiger partial charge in [-0.1, -0.05) is 58.4 Å². The highest BCUT2D eigenvalue weighted by Gasteiger charge is 2.41. The number of carbonyl (C=O) groups excluding carboxylic acids is 2. The zero-order valence-corrected chi connectivity index (χ0v) is 24.1. The number of non-ortho nitro benzene ring substituents is 1. The predicted molar refractivity (Wildman–Crippen MR) is 157 cm³/mol. The van der Waals surface area contributed by atoms with E-state index in [4.69, 9.17) is 28.9 Å². The number of thioether (sulfide) groups is 1. The van der Waals surface area contributed by atoms with Gasteiger partial charge in [0, 0.05) is 34.8 Å². The second kappa shape index (κ2) is 11.9. The van der Waals surface area contributed by atoms with E-state index < -0.39 is 16.7 Å². The lowest BCUT2D eigenvalue weighted by molar-refractivity contribution is -0.384. The number of nitriles is 1. The van der Waals surface area contributed by atoms with Gasteiger partial charge in [0.05, 0.1) is 38.9 Å². The van der Waals surface area contributed by atoms with Gasteiger partial charge in [-0.15, -0.1) is 10.2 Å². The smallest absolute Gasteiger partial charge is 0.271 e. The van der Waals surface area contributed by atoms with E-state index in [0.29, 0.717) is 45.0 Å². The predicted octanol–water partition coefficient (Wildman–Crippen LogP) is 5.79. The number of halogens is 2. The van der Waals surface area contributed by atoms with E-state index >= 15 is 0 Å². The number of anilines is 2. The maximum absolute atomic E-state index is 13.2. The molecule has 1 aliphatic carbocycles. The first-order valence-corrected chi connectivity index (χ1v) is 14.7. The molecule has 0 fully saturated rings. The number of hydrogen-bond acceptors (Lipinski definition) is 11. The number of hydrogen-bond donors (Lipinski definition) is 2. The van der Waals surface area contributed by atoms with Crippen LogP contribution in [0.5, 0.6) is 0 Å². The maximum Gasteiger partial charge on any atom is 0.271 e. The quantitative estimate of drug-likeness (QED) is 0.186. The normalized spacial score (nSPS) is 16.9. The summed E-state index contributed by atoms with van der Waals surface area (Å²) in [6.45, 7) is 0. The third-order valence-corrected chi connectivity index (χ3v) is 9.09. The molecule has 2 aliphatic rings. The first-order valence-electron chi connectivity index (χ1n) is 12.1. The number of allylic oxidation sites excluding steroid dienone is 3. The molecule has 2 aromatic carbocycles. The molecule has 15 heteroatoms. The molecule has 3 aromatic rings. The third-order valence-electron chi connectivity index (χ3n) is 6.47. The minimum atomic E-state index is -0.623. The van der Waals surface area contributed by atoms with Crippen LogP contribution < -0.4 is 16.0 Å². The number of nitro benzene ring substituents is 1. The molecular weight excluding hydrogens is 609 g/mol. The molecule has 1 amide bonds. The van der Waals surface area contributed by atoms with Gasteiger partial charge in [-0.05, 0) is 36.6 Å². The summed E-state index contributed by atoms with van der Waals surface area (Å²) >= 11 is 14.4. The first-order chi connectivity index (χ1) is 19.7. The Bertz CT molecular complexity index is 1680. The molecule has 5 rings (SSSR count). The number of nitrogens with one attached hydrogen (secondary N) is 1. The second-order valence-electron chi connectivity index (χ2n) is 8.98. The van der Waals surface area contributed by atoms with Crippen molar-refractivity contribution in [3.05, 3.63) is 90.9 Å². The highest BCUT2D eigenvalue weighted by atomic mass is 35.5. The molecular formula is C26H19Cl2N7O4S2. The summed E-state index contributed by atoms with van der Waals surface area (Å²) in [4.78, 5) is 37.8. The van der Waals surface area contributed by atoms with Crippen LogP contribution in [0.4, 0.5) is 16.5 Å². The number of benzene rings is 2. The molecule has 0 bridgehead atoms. The number of amides is 1. The van der Waals surface area contributed by atoms with Crippen LogP contribution in [0.25, 0.3) is 0 Å². The Morgan fingerprint density at radius 2 is 2.00 bits per heavy atom. The van der Waals surface area contributed by atoms with Crippen molar-refractivity contribution in [3.63, 3.8) is 0 Å². The number of ketones is 1. The van der Waals surface area contributed by atoms with Crippen molar-refractivity contribution in [2.24, 2.45) is 5.73 Å². The van der Waals surface area contributed by atoms with Gasteiger partial charge in [0.15, 0.2) is 10.1 Å². The van der Waals surface area contributed by atoms with Crippen LogP contribution >= 0.6 is 46.3 Å². The average Bonchev–Trinajstić information content (AvgIpc) is 3.41. The van der Waals surface area contributed by atoms with Gasteiger partial charge < -0.3 is 11.1 Å². The second-order valence-corrected chi connectivity index (χ2v) is 12.0. The summed E-state index contributed by atoms with van der Waals surface area (Å²) in [6, 6.07) is 12.9. The van der Waals surface area contributed by atoms with Crippen LogP contribution in [-0.4, -0.2) is 32.6 Å². The fourth-order valence-electron chi connectivity index (χ4n) is 4.68. The molecule has 208 valence electrons. The van der Waals surface area contributed by atoms with Gasteiger partial charge in [-0.2, -0.15) is 5.26 Å². The molecule has 11 nitrogen and oxygen atoms in total. The van der Waals surface area contributed by atoms with Gasteiger partial charge >= 0.3 is 0 Å². The molecule has 0 saturated carbocycles. The van der Waals surface area contributed by atoms with Crippen LogP contribution in [0.1, 0.15) is 30.7 Å². The van der Waals surface area contributed by atoms with E-state index in [1.54, 1.807) is 29.2 Å². The van der Waals surface area contributed by atoms with E-state index in [9.17, 15) is 25.0 Å². The molecule has 0 saturated heterocycles. The lowest BCUT2D eigenvalue weighted by atomic mass is 9.76. The van der Waals surface area contributed by atoms with Crippen molar-refractivity contribution in [2.75, 3.05) is 16.0 Å². The average molecular weight is 629 g/mol. The molecule has 41 heavy (non-hydrogen) atoms. The number of aromatic nitrogens is 2. The Morgan fingerprint density at radius 1 is 1.24 bits per heavy atom. The highest BCUT2D eigenvalue weighted by Crippen LogP contribution is 2.47. The summed E-state index contributed by atoms with van der Waals surface area (Å²) in [5, 5.41) is 33.2. The SMILES string of the molecule is N#CC1=C(N)N(c2nnc(SCC(=O)Nc3cc([N+](=O)[O-])ccc3Cl)s2)C2=C(C(=O)CCC2)C1c1ccc(Cl)cc1. The molecule has 1 aliphatic heterocycles. The van der Waals surface area contributed by atoms with Crippen LogP contribution in [0.3, 0.4) is 0 Å². The fraction of sp³-hybridized carbons (Fsp3) is 0.192. The van der Waals surface area contributed by atoms with E-state index in [1.807, 2.05) is 0 Å². The van der Waals surface area contributed by atoms with Gasteiger partial charge in [0.1, 0.15) is 5.82 Å². The minimum absolute atomic E-state index is 0.0629. The van der Waals surface area contributed by atoms with Gasteiger partial charge in [-0.3, -0.25) is 24.6 Å². The Morgan fingerprint density at radius 3 is 2.71 bits per heavy atom. The molecule has 1 atom stereocenters. The van der Waals surface area contributed by atoms with E-state index in [1.165, 1.54) is 18.2 Å². The van der Waals surface area contributed by atoms with E-state index in [0.717, 1.165) is 28.7 Å². The molecule has 0 spiro atoms. The minimum Gasteiger partial charge on any atom is -0.384 e. The molecule has 3 N–H and O–H groups in total. The van der Waals surface area contributed by atoms with Crippen molar-refractivity contribution >= 4 is 74.5 Å². The van der Waals surface area contributed by atoms with Gasteiger partial charge in [0.2, 0.25) is 11.0 Å². The van der Waals surface area contributed by atoms with Crippen LogP contribution in [0, 0.1) is 21.4 Å². The number of carbonyl (C=O) groups is 2. The van der Waals surface area contributed by atoms with Crippen molar-refractivity contribution in [2.45, 2.75) is 29.5 Å². The monoisotopic (exact) mass is 627 g/mol. The van der Waals surface area contributed by atoms with Crippen LogP contribution in [0.15, 0.2) is 69.5 Å². The highest BCUT2D eigenvalue weighted by molar-refractivity contribution is 8.01. The zero-order chi connectivity index (χ0) is 29.3. The molecule has 1 unspecified atom stereocenters. The summed E-state index contributed by atoms with van der Waals surface area (Å²) in [6.07, 6.45) is 1.53. The summed E-state index contributed by atoms with van der Waals surface area (Å²) in [5.74, 6) is -1.05. The van der Waals surface area contributed by atoms with Crippen molar-refractivity contribution in [3.8, 4) is 6.07 Å². The molecule has 0 radical (unpaired) electrons. The first kappa shape index (κ1) is 28.6. The number of rotatable bonds is 7. The van der Waals surface area contributed by atoms with E-state index in [-0.39, 0.29) is 39.3 Å². The van der Waals surface area contributed by atoms with Crippen molar-refractivity contribution in [1.29, 1.82) is 5.26 Å². The maximum atomic E-state index is 13.2.